The van der Waals surface area contributed by atoms with Crippen LogP contribution in [0.1, 0.15) is 15.4 Å². The SMILES string of the molecule is CNC(=O)c1sc(N=C(N)N)nc1C. The number of rotatable bonds is 2. The molecule has 0 unspecified atom stereocenters. The van der Waals surface area contributed by atoms with Gasteiger partial charge in [-0.3, -0.25) is 4.79 Å². The largest absolute Gasteiger partial charge is 0.370 e. The number of aryl methyl sites for hydroxylation is 1. The zero-order chi connectivity index (χ0) is 10.7. The lowest BCUT2D eigenvalue weighted by molar-refractivity contribution is 0.0966. The lowest BCUT2D eigenvalue weighted by atomic mass is 10.4. The van der Waals surface area contributed by atoms with E-state index in [2.05, 4.69) is 15.3 Å². The molecule has 1 aromatic rings. The Morgan fingerprint density at radius 3 is 2.71 bits per heavy atom. The molecule has 1 heterocycles. The second-order valence-electron chi connectivity index (χ2n) is 2.53. The van der Waals surface area contributed by atoms with Gasteiger partial charge >= 0.3 is 0 Å². The number of carbonyl (C=O) groups excluding carboxylic acids is 1. The van der Waals surface area contributed by atoms with Crippen molar-refractivity contribution in [2.24, 2.45) is 16.5 Å². The van der Waals surface area contributed by atoms with E-state index in [1.54, 1.807) is 14.0 Å². The van der Waals surface area contributed by atoms with Crippen molar-refractivity contribution < 1.29 is 4.79 Å². The predicted molar refractivity (Wildman–Crippen MR) is 55.7 cm³/mol. The molecule has 0 aliphatic carbocycles. The third-order valence-electron chi connectivity index (χ3n) is 1.44. The van der Waals surface area contributed by atoms with Crippen LogP contribution in [0.4, 0.5) is 5.13 Å². The molecule has 0 spiro atoms. The molecule has 0 aromatic carbocycles. The first-order chi connectivity index (χ1) is 6.54. The molecule has 0 fully saturated rings. The van der Waals surface area contributed by atoms with Gasteiger partial charge in [0, 0.05) is 7.05 Å². The van der Waals surface area contributed by atoms with Gasteiger partial charge in [0.05, 0.1) is 5.69 Å². The standard InChI is InChI=1S/C7H11N5OS/c1-3-4(5(13)10-2)14-7(11-3)12-6(8)9/h1-2H3,(H,10,13)(H4,8,9,11,12). The minimum Gasteiger partial charge on any atom is -0.370 e. The van der Waals surface area contributed by atoms with Gasteiger partial charge in [-0.15, -0.1) is 0 Å². The summed E-state index contributed by atoms with van der Waals surface area (Å²) >= 11 is 1.15. The average molecular weight is 213 g/mol. The number of thiazole rings is 1. The molecule has 76 valence electrons. The summed E-state index contributed by atoms with van der Waals surface area (Å²) in [6.07, 6.45) is 0. The Morgan fingerprint density at radius 2 is 2.21 bits per heavy atom. The molecule has 6 nitrogen and oxygen atoms in total. The Morgan fingerprint density at radius 1 is 1.57 bits per heavy atom. The molecule has 0 radical (unpaired) electrons. The van der Waals surface area contributed by atoms with E-state index in [0.717, 1.165) is 11.3 Å². The van der Waals surface area contributed by atoms with E-state index in [0.29, 0.717) is 15.7 Å². The number of hydrogen-bond acceptors (Lipinski definition) is 4. The van der Waals surface area contributed by atoms with Gasteiger partial charge in [-0.1, -0.05) is 11.3 Å². The molecule has 0 saturated heterocycles. The predicted octanol–water partition coefficient (Wildman–Crippen LogP) is -0.284. The van der Waals surface area contributed by atoms with E-state index < -0.39 is 0 Å². The van der Waals surface area contributed by atoms with E-state index in [1.165, 1.54) is 0 Å². The van der Waals surface area contributed by atoms with Crippen LogP contribution in [-0.2, 0) is 0 Å². The summed E-state index contributed by atoms with van der Waals surface area (Å²) in [6, 6.07) is 0. The number of nitrogens with zero attached hydrogens (tertiary/aromatic N) is 2. The second kappa shape index (κ2) is 4.05. The molecule has 1 aromatic heterocycles. The fraction of sp³-hybridized carbons (Fsp3) is 0.286. The van der Waals surface area contributed by atoms with Crippen molar-refractivity contribution >= 4 is 28.3 Å². The smallest absolute Gasteiger partial charge is 0.263 e. The van der Waals surface area contributed by atoms with E-state index >= 15 is 0 Å². The van der Waals surface area contributed by atoms with Crippen molar-refractivity contribution in [2.45, 2.75) is 6.92 Å². The van der Waals surface area contributed by atoms with Gasteiger partial charge in [0.25, 0.3) is 5.91 Å². The fourth-order valence-corrected chi connectivity index (χ4v) is 1.77. The van der Waals surface area contributed by atoms with Gasteiger partial charge in [0.1, 0.15) is 4.88 Å². The molecule has 0 aliphatic heterocycles. The average Bonchev–Trinajstić information content (AvgIpc) is 2.44. The van der Waals surface area contributed by atoms with Gasteiger partial charge in [-0.05, 0) is 6.92 Å². The molecule has 1 rings (SSSR count). The molecule has 0 atom stereocenters. The first-order valence-electron chi connectivity index (χ1n) is 3.83. The Hall–Kier alpha value is -1.63. The highest BCUT2D eigenvalue weighted by molar-refractivity contribution is 7.17. The van der Waals surface area contributed by atoms with Crippen LogP contribution in [0.5, 0.6) is 0 Å². The van der Waals surface area contributed by atoms with Gasteiger partial charge in [0.2, 0.25) is 5.13 Å². The maximum atomic E-state index is 11.3. The summed E-state index contributed by atoms with van der Waals surface area (Å²) in [5.74, 6) is -0.251. The van der Waals surface area contributed by atoms with Crippen LogP contribution < -0.4 is 16.8 Å². The first kappa shape index (κ1) is 10.5. The van der Waals surface area contributed by atoms with E-state index in [4.69, 9.17) is 11.5 Å². The molecule has 7 heteroatoms. The van der Waals surface area contributed by atoms with Crippen LogP contribution in [-0.4, -0.2) is 23.9 Å². The zero-order valence-electron chi connectivity index (χ0n) is 7.87. The minimum atomic E-state index is -0.183. The molecular formula is C7H11N5OS. The highest BCUT2D eigenvalue weighted by Crippen LogP contribution is 2.24. The third kappa shape index (κ3) is 2.19. The molecule has 0 saturated carbocycles. The number of hydrogen-bond donors (Lipinski definition) is 3. The Bertz CT molecular complexity index is 379. The third-order valence-corrected chi connectivity index (χ3v) is 2.49. The van der Waals surface area contributed by atoms with Crippen LogP contribution in [0, 0.1) is 6.92 Å². The highest BCUT2D eigenvalue weighted by Gasteiger charge is 2.13. The van der Waals surface area contributed by atoms with Gasteiger partial charge in [0.15, 0.2) is 5.96 Å². The molecular weight excluding hydrogens is 202 g/mol. The molecule has 0 bridgehead atoms. The van der Waals surface area contributed by atoms with Gasteiger partial charge < -0.3 is 16.8 Å². The minimum absolute atomic E-state index is 0.0674. The van der Waals surface area contributed by atoms with E-state index in [-0.39, 0.29) is 11.9 Å². The Labute approximate surface area is 85.0 Å². The summed E-state index contributed by atoms with van der Waals surface area (Å²) in [4.78, 5) is 19.6. The van der Waals surface area contributed by atoms with Crippen LogP contribution in [0.3, 0.4) is 0 Å². The number of guanidine groups is 1. The summed E-state index contributed by atoms with van der Waals surface area (Å²) in [6.45, 7) is 1.73. The van der Waals surface area contributed by atoms with Crippen molar-refractivity contribution in [1.29, 1.82) is 0 Å². The molecule has 14 heavy (non-hydrogen) atoms. The van der Waals surface area contributed by atoms with Crippen molar-refractivity contribution in [2.75, 3.05) is 7.05 Å². The van der Waals surface area contributed by atoms with Gasteiger partial charge in [-0.2, -0.15) is 4.99 Å². The lowest BCUT2D eigenvalue weighted by Crippen LogP contribution is -2.21. The van der Waals surface area contributed by atoms with Crippen LogP contribution in [0.25, 0.3) is 0 Å². The number of amides is 1. The monoisotopic (exact) mass is 213 g/mol. The molecule has 0 aliphatic rings. The molecule has 1 amide bonds. The van der Waals surface area contributed by atoms with Crippen molar-refractivity contribution in [3.8, 4) is 0 Å². The summed E-state index contributed by atoms with van der Waals surface area (Å²) in [7, 11) is 1.56. The van der Waals surface area contributed by atoms with Crippen LogP contribution in [0.2, 0.25) is 0 Å². The van der Waals surface area contributed by atoms with Crippen molar-refractivity contribution in [1.82, 2.24) is 10.3 Å². The lowest BCUT2D eigenvalue weighted by Gasteiger charge is -1.93. The quantitative estimate of drug-likeness (QED) is 0.463. The summed E-state index contributed by atoms with van der Waals surface area (Å²) in [5, 5.41) is 2.90. The zero-order valence-corrected chi connectivity index (χ0v) is 8.68. The number of carbonyl (C=O) groups is 1. The summed E-state index contributed by atoms with van der Waals surface area (Å²) < 4.78 is 0. The Kier molecular flexibility index (Phi) is 3.03. The van der Waals surface area contributed by atoms with Crippen LogP contribution >= 0.6 is 11.3 Å². The maximum Gasteiger partial charge on any atom is 0.263 e. The number of nitrogens with one attached hydrogen (secondary N) is 1. The molecule has 5 N–H and O–H groups in total. The van der Waals surface area contributed by atoms with Crippen LogP contribution in [0.15, 0.2) is 4.99 Å². The first-order valence-corrected chi connectivity index (χ1v) is 4.65. The van der Waals surface area contributed by atoms with Gasteiger partial charge in [-0.25, -0.2) is 4.98 Å². The number of aliphatic imine (C=N–C) groups is 1. The summed E-state index contributed by atoms with van der Waals surface area (Å²) in [5.41, 5.74) is 11.0. The van der Waals surface area contributed by atoms with Crippen molar-refractivity contribution in [3.05, 3.63) is 10.6 Å². The fourth-order valence-electron chi connectivity index (χ4n) is 0.865. The van der Waals surface area contributed by atoms with E-state index in [9.17, 15) is 4.79 Å². The number of aromatic nitrogens is 1. The Balaban J connectivity index is 3.05. The van der Waals surface area contributed by atoms with E-state index in [1.807, 2.05) is 0 Å². The second-order valence-corrected chi connectivity index (χ2v) is 3.50. The topological polar surface area (TPSA) is 106 Å². The normalized spacial score (nSPS) is 9.57. The number of nitrogens with two attached hydrogens (primary N) is 2. The maximum absolute atomic E-state index is 11.3. The highest BCUT2D eigenvalue weighted by atomic mass is 32.1. The van der Waals surface area contributed by atoms with Crippen molar-refractivity contribution in [3.63, 3.8) is 0 Å².